The third-order valence-corrected chi connectivity index (χ3v) is 9.86. The van der Waals surface area contributed by atoms with Gasteiger partial charge < -0.3 is 24.7 Å². The van der Waals surface area contributed by atoms with Crippen LogP contribution in [0.3, 0.4) is 0 Å². The Hall–Kier alpha value is -4.63. The summed E-state index contributed by atoms with van der Waals surface area (Å²) >= 11 is 1.24. The van der Waals surface area contributed by atoms with Crippen molar-refractivity contribution < 1.29 is 39.1 Å². The normalized spacial score (nSPS) is 22.6. The molecule has 2 N–H and O–H groups in total. The number of nitro groups is 1. The molecule has 14 nitrogen and oxygen atoms in total. The molecule has 1 aromatic carbocycles. The van der Waals surface area contributed by atoms with Crippen molar-refractivity contribution in [3.05, 3.63) is 68.7 Å². The smallest absolute Gasteiger partial charge is 0.410 e. The number of rotatable bonds is 8. The van der Waals surface area contributed by atoms with Gasteiger partial charge in [0, 0.05) is 48.8 Å². The number of aliphatic hydroxyl groups is 1. The van der Waals surface area contributed by atoms with Gasteiger partial charge in [-0.3, -0.25) is 24.1 Å². The van der Waals surface area contributed by atoms with Crippen LogP contribution in [0.5, 0.6) is 0 Å². The van der Waals surface area contributed by atoms with Gasteiger partial charge >= 0.3 is 12.1 Å². The van der Waals surface area contributed by atoms with Gasteiger partial charge in [0.15, 0.2) is 5.78 Å². The van der Waals surface area contributed by atoms with Crippen LogP contribution in [0.15, 0.2) is 42.5 Å². The number of ketones is 1. The maximum atomic E-state index is 13.5. The van der Waals surface area contributed by atoms with Crippen LogP contribution in [-0.2, 0) is 20.9 Å². The lowest BCUT2D eigenvalue weighted by Crippen LogP contribution is -2.63. The van der Waals surface area contributed by atoms with E-state index in [4.69, 9.17) is 4.74 Å². The fraction of sp³-hybridized carbons (Fsp3) is 0.414. The molecule has 0 bridgehead atoms. The zero-order chi connectivity index (χ0) is 31.4. The Labute approximate surface area is 254 Å². The van der Waals surface area contributed by atoms with Crippen molar-refractivity contribution in [3.8, 4) is 0 Å². The maximum Gasteiger partial charge on any atom is 0.410 e. The summed E-state index contributed by atoms with van der Waals surface area (Å²) in [6, 6.07) is 5.29. The number of amides is 2. The minimum atomic E-state index is -1.22. The number of non-ortho nitro benzene ring substituents is 1. The third kappa shape index (κ3) is 4.81. The van der Waals surface area contributed by atoms with Crippen LogP contribution in [0.1, 0.15) is 47.6 Å². The van der Waals surface area contributed by atoms with Crippen LogP contribution >= 0.6 is 11.3 Å². The van der Waals surface area contributed by atoms with Gasteiger partial charge in [-0.15, -0.1) is 11.3 Å². The molecule has 0 spiro atoms. The minimum absolute atomic E-state index is 0.0337. The Morgan fingerprint density at radius 3 is 2.50 bits per heavy atom. The average molecular weight is 624 g/mol. The number of hydrogen-bond acceptors (Lipinski definition) is 10. The summed E-state index contributed by atoms with van der Waals surface area (Å²) in [6.07, 6.45) is 2.61. The van der Waals surface area contributed by atoms with Crippen molar-refractivity contribution in [2.75, 3.05) is 13.1 Å². The van der Waals surface area contributed by atoms with E-state index in [0.29, 0.717) is 46.8 Å². The Kier molecular flexibility index (Phi) is 7.45. The first-order valence-corrected chi connectivity index (χ1v) is 14.9. The molecule has 2 amide bonds. The van der Waals surface area contributed by atoms with E-state index in [0.717, 1.165) is 0 Å². The maximum absolute atomic E-state index is 13.5. The number of hydrogen-bond donors (Lipinski definition) is 2. The Morgan fingerprint density at radius 1 is 1.20 bits per heavy atom. The number of carbonyl (C=O) groups excluding carboxylic acids is 3. The average Bonchev–Trinajstić information content (AvgIpc) is 3.65. The van der Waals surface area contributed by atoms with Crippen LogP contribution < -0.4 is 0 Å². The minimum Gasteiger partial charge on any atom is -0.477 e. The standard InChI is InChI=1S/C29H29N5O9S/c1-14-20(24(28(38)39)33-23(14)21(15(2)35)26(33)37)19-11-32-13-30-22(27(32)44-19)25(36)17-7-9-31(10-8-17)29(40)43-12-16-3-5-18(6-4-16)34(41)42/h3-6,11,13-15,17,21,23,35H,7-10,12H2,1-2H3,(H,38,39)/t14-,15+,21+,23+/m0/s1. The molecular formula is C29H29N5O9S. The van der Waals surface area contributed by atoms with Gasteiger partial charge in [0.05, 0.1) is 27.9 Å². The molecule has 0 unspecified atom stereocenters. The van der Waals surface area contributed by atoms with Crippen molar-refractivity contribution in [1.82, 2.24) is 19.2 Å². The number of imidazole rings is 1. The number of aliphatic carboxylic acids is 1. The van der Waals surface area contributed by atoms with E-state index < -0.39 is 41.0 Å². The van der Waals surface area contributed by atoms with Gasteiger partial charge in [0.1, 0.15) is 29.2 Å². The summed E-state index contributed by atoms with van der Waals surface area (Å²) in [5.41, 5.74) is 1.23. The number of carboxylic acid groups (broad SMARTS) is 1. The molecular weight excluding hydrogens is 594 g/mol. The Balaban J connectivity index is 1.12. The summed E-state index contributed by atoms with van der Waals surface area (Å²) in [5, 5.41) is 30.9. The fourth-order valence-electron chi connectivity index (χ4n) is 6.45. The molecule has 15 heteroatoms. The van der Waals surface area contributed by atoms with Crippen molar-refractivity contribution in [2.45, 2.75) is 45.4 Å². The number of benzene rings is 1. The van der Waals surface area contributed by atoms with Crippen LogP contribution in [0, 0.1) is 27.9 Å². The molecule has 3 aliphatic rings. The number of ether oxygens (including phenoxy) is 1. The van der Waals surface area contributed by atoms with Crippen molar-refractivity contribution in [1.29, 1.82) is 0 Å². The molecule has 3 aliphatic heterocycles. The molecule has 2 fully saturated rings. The number of Topliss-reactive ketones (excluding diaryl/α,β-unsaturated/α-hetero) is 1. The van der Waals surface area contributed by atoms with Gasteiger partial charge in [-0.25, -0.2) is 14.6 Å². The molecule has 6 rings (SSSR count). The highest BCUT2D eigenvalue weighted by atomic mass is 32.1. The number of β-lactam (4-membered cyclic amide) rings is 1. The van der Waals surface area contributed by atoms with E-state index in [1.165, 1.54) is 58.7 Å². The molecule has 2 aromatic heterocycles. The molecule has 3 aromatic rings. The second kappa shape index (κ2) is 11.1. The second-order valence-electron chi connectivity index (χ2n) is 11.3. The zero-order valence-electron chi connectivity index (χ0n) is 23.8. The summed E-state index contributed by atoms with van der Waals surface area (Å²) in [5.74, 6) is -3.18. The third-order valence-electron chi connectivity index (χ3n) is 8.72. The van der Waals surface area contributed by atoms with E-state index in [9.17, 15) is 39.5 Å². The van der Waals surface area contributed by atoms with E-state index in [1.807, 2.05) is 6.92 Å². The van der Waals surface area contributed by atoms with E-state index in [2.05, 4.69) is 4.98 Å². The number of fused-ring (bicyclic) bond motifs is 2. The monoisotopic (exact) mass is 623 g/mol. The highest BCUT2D eigenvalue weighted by Crippen LogP contribution is 2.51. The number of aliphatic hydroxyl groups excluding tert-OH is 1. The number of carboxylic acids is 1. The van der Waals surface area contributed by atoms with Crippen molar-refractivity contribution >= 4 is 51.2 Å². The SMILES string of the molecule is C[C@@H](O)[C@H]1C(=O)N2C(C(=O)O)=C(c3cn4cnc(C(=O)C5CCN(C(=O)OCc6ccc([N+](=O)[O-])cc6)CC5)c4s3)[C@H](C)[C@H]12. The number of nitro benzene ring substituents is 1. The zero-order valence-corrected chi connectivity index (χ0v) is 24.6. The molecule has 2 saturated heterocycles. The van der Waals surface area contributed by atoms with Crippen molar-refractivity contribution in [3.63, 3.8) is 0 Å². The van der Waals surface area contributed by atoms with Crippen LogP contribution in [-0.4, -0.2) is 83.3 Å². The second-order valence-corrected chi connectivity index (χ2v) is 12.4. The lowest BCUT2D eigenvalue weighted by molar-refractivity contribution is -0.384. The predicted octanol–water partition coefficient (Wildman–Crippen LogP) is 3.19. The first-order valence-electron chi connectivity index (χ1n) is 14.1. The van der Waals surface area contributed by atoms with Gasteiger partial charge in [0.2, 0.25) is 5.91 Å². The Bertz CT molecular complexity index is 1720. The number of aromatic nitrogens is 2. The van der Waals surface area contributed by atoms with Crippen molar-refractivity contribution in [2.24, 2.45) is 17.8 Å². The summed E-state index contributed by atoms with van der Waals surface area (Å²) in [4.78, 5) is 69.7. The molecule has 0 saturated carbocycles. The van der Waals surface area contributed by atoms with Gasteiger partial charge in [-0.1, -0.05) is 6.92 Å². The van der Waals surface area contributed by atoms with Gasteiger partial charge in [-0.2, -0.15) is 0 Å². The number of thiazole rings is 1. The first kappa shape index (κ1) is 29.4. The molecule has 230 valence electrons. The van der Waals surface area contributed by atoms with Crippen LogP contribution in [0.2, 0.25) is 0 Å². The topological polar surface area (TPSA) is 185 Å². The van der Waals surface area contributed by atoms with Gasteiger partial charge in [-0.05, 0) is 37.5 Å². The number of likely N-dealkylation sites (tertiary alicyclic amines) is 1. The van der Waals surface area contributed by atoms with Crippen LogP contribution in [0.4, 0.5) is 10.5 Å². The highest BCUT2D eigenvalue weighted by molar-refractivity contribution is 7.18. The quantitative estimate of drug-likeness (QED) is 0.163. The molecule has 0 aliphatic carbocycles. The van der Waals surface area contributed by atoms with E-state index in [-0.39, 0.29) is 41.3 Å². The molecule has 0 radical (unpaired) electrons. The Morgan fingerprint density at radius 2 is 1.89 bits per heavy atom. The lowest BCUT2D eigenvalue weighted by Gasteiger charge is -2.46. The fourth-order valence-corrected chi connectivity index (χ4v) is 7.68. The lowest BCUT2D eigenvalue weighted by atomic mass is 9.77. The van der Waals surface area contributed by atoms with E-state index in [1.54, 1.807) is 10.6 Å². The molecule has 44 heavy (non-hydrogen) atoms. The predicted molar refractivity (Wildman–Crippen MR) is 155 cm³/mol. The highest BCUT2D eigenvalue weighted by Gasteiger charge is 2.60. The summed E-state index contributed by atoms with van der Waals surface area (Å²) in [7, 11) is 0. The largest absolute Gasteiger partial charge is 0.477 e. The number of piperidine rings is 1. The van der Waals surface area contributed by atoms with Crippen LogP contribution in [0.25, 0.3) is 10.4 Å². The number of carbonyl (C=O) groups is 4. The number of nitrogens with zero attached hydrogens (tertiary/aromatic N) is 5. The first-order chi connectivity index (χ1) is 21.0. The molecule has 4 atom stereocenters. The van der Waals surface area contributed by atoms with Gasteiger partial charge in [0.25, 0.3) is 5.69 Å². The molecule has 5 heterocycles. The van der Waals surface area contributed by atoms with E-state index >= 15 is 0 Å². The summed E-state index contributed by atoms with van der Waals surface area (Å²) < 4.78 is 7.04. The summed E-state index contributed by atoms with van der Waals surface area (Å²) in [6.45, 7) is 3.95.